The predicted molar refractivity (Wildman–Crippen MR) is 71.7 cm³/mol. The Hall–Kier alpha value is -1.13. The minimum atomic E-state index is -0.535. The SMILES string of the molecule is CC[C@@H](NC(=O)c1ccc(F)c(Cl)c1)C1CC(O)C1. The number of carbonyl (C=O) groups is 1. The highest BCUT2D eigenvalue weighted by Crippen LogP contribution is 2.31. The molecule has 0 bridgehead atoms. The molecule has 19 heavy (non-hydrogen) atoms. The molecular formula is C14H17ClFNO2. The second kappa shape index (κ2) is 5.88. The zero-order valence-corrected chi connectivity index (χ0v) is 11.5. The highest BCUT2D eigenvalue weighted by atomic mass is 35.5. The van der Waals surface area contributed by atoms with E-state index in [-0.39, 0.29) is 23.1 Å². The van der Waals surface area contributed by atoms with E-state index in [2.05, 4.69) is 5.32 Å². The Morgan fingerprint density at radius 1 is 1.58 bits per heavy atom. The third kappa shape index (κ3) is 3.25. The maximum Gasteiger partial charge on any atom is 0.251 e. The van der Waals surface area contributed by atoms with E-state index in [1.54, 1.807) is 0 Å². The number of hydrogen-bond donors (Lipinski definition) is 2. The first-order valence-electron chi connectivity index (χ1n) is 6.45. The lowest BCUT2D eigenvalue weighted by atomic mass is 9.76. The predicted octanol–water partition coefficient (Wildman–Crippen LogP) is 2.76. The van der Waals surface area contributed by atoms with Gasteiger partial charge in [0.25, 0.3) is 5.91 Å². The molecule has 3 nitrogen and oxygen atoms in total. The molecular weight excluding hydrogens is 269 g/mol. The maximum absolute atomic E-state index is 13.0. The van der Waals surface area contributed by atoms with Gasteiger partial charge in [-0.3, -0.25) is 4.79 Å². The molecule has 1 aromatic carbocycles. The third-order valence-electron chi connectivity index (χ3n) is 3.66. The number of halogens is 2. The van der Waals surface area contributed by atoms with Gasteiger partial charge in [0.15, 0.2) is 0 Å². The zero-order chi connectivity index (χ0) is 14.0. The first kappa shape index (κ1) is 14.3. The quantitative estimate of drug-likeness (QED) is 0.894. The lowest BCUT2D eigenvalue weighted by Gasteiger charge is -2.37. The second-order valence-electron chi connectivity index (χ2n) is 5.00. The lowest BCUT2D eigenvalue weighted by molar-refractivity contribution is 0.0232. The fourth-order valence-electron chi connectivity index (χ4n) is 2.40. The summed E-state index contributed by atoms with van der Waals surface area (Å²) in [6, 6.07) is 3.97. The van der Waals surface area contributed by atoms with Crippen LogP contribution in [0.3, 0.4) is 0 Å². The summed E-state index contributed by atoms with van der Waals surface area (Å²) >= 11 is 5.66. The third-order valence-corrected chi connectivity index (χ3v) is 3.95. The van der Waals surface area contributed by atoms with Crippen LogP contribution in [0.1, 0.15) is 36.5 Å². The molecule has 1 saturated carbocycles. The molecule has 1 amide bonds. The highest BCUT2D eigenvalue weighted by Gasteiger charge is 2.33. The number of carbonyl (C=O) groups excluding carboxylic acids is 1. The van der Waals surface area contributed by atoms with Crippen LogP contribution in [0.2, 0.25) is 5.02 Å². The number of aliphatic hydroxyl groups is 1. The van der Waals surface area contributed by atoms with Gasteiger partial charge in [-0.1, -0.05) is 18.5 Å². The summed E-state index contributed by atoms with van der Waals surface area (Å²) in [6.07, 6.45) is 2.01. The van der Waals surface area contributed by atoms with Crippen LogP contribution in [0.15, 0.2) is 18.2 Å². The molecule has 0 aliphatic heterocycles. The van der Waals surface area contributed by atoms with E-state index in [1.165, 1.54) is 18.2 Å². The molecule has 5 heteroatoms. The molecule has 0 radical (unpaired) electrons. The van der Waals surface area contributed by atoms with E-state index in [0.29, 0.717) is 11.5 Å². The number of hydrogen-bond acceptors (Lipinski definition) is 2. The summed E-state index contributed by atoms with van der Waals surface area (Å²) in [7, 11) is 0. The van der Waals surface area contributed by atoms with E-state index in [0.717, 1.165) is 19.3 Å². The van der Waals surface area contributed by atoms with E-state index in [9.17, 15) is 14.3 Å². The van der Waals surface area contributed by atoms with Crippen molar-refractivity contribution in [1.82, 2.24) is 5.32 Å². The fraction of sp³-hybridized carbons (Fsp3) is 0.500. The number of aliphatic hydroxyl groups excluding tert-OH is 1. The van der Waals surface area contributed by atoms with Crippen LogP contribution in [-0.4, -0.2) is 23.2 Å². The Morgan fingerprint density at radius 3 is 2.79 bits per heavy atom. The molecule has 2 rings (SSSR count). The molecule has 2 N–H and O–H groups in total. The van der Waals surface area contributed by atoms with E-state index in [1.807, 2.05) is 6.92 Å². The van der Waals surface area contributed by atoms with Crippen LogP contribution < -0.4 is 5.32 Å². The van der Waals surface area contributed by atoms with Crippen molar-refractivity contribution < 1.29 is 14.3 Å². The normalized spacial score (nSPS) is 23.6. The van der Waals surface area contributed by atoms with Gasteiger partial charge >= 0.3 is 0 Å². The molecule has 1 aromatic rings. The largest absolute Gasteiger partial charge is 0.393 e. The van der Waals surface area contributed by atoms with E-state index < -0.39 is 5.82 Å². The second-order valence-corrected chi connectivity index (χ2v) is 5.41. The van der Waals surface area contributed by atoms with Gasteiger partial charge in [0.2, 0.25) is 0 Å². The van der Waals surface area contributed by atoms with Gasteiger partial charge in [0.05, 0.1) is 11.1 Å². The maximum atomic E-state index is 13.0. The van der Waals surface area contributed by atoms with Crippen molar-refractivity contribution >= 4 is 17.5 Å². The smallest absolute Gasteiger partial charge is 0.251 e. The Kier molecular flexibility index (Phi) is 4.42. The van der Waals surface area contributed by atoms with Crippen LogP contribution in [0.25, 0.3) is 0 Å². The Morgan fingerprint density at radius 2 is 2.26 bits per heavy atom. The number of rotatable bonds is 4. The topological polar surface area (TPSA) is 49.3 Å². The summed E-state index contributed by atoms with van der Waals surface area (Å²) < 4.78 is 13.0. The number of nitrogens with one attached hydrogen (secondary N) is 1. The number of amides is 1. The molecule has 1 atom stereocenters. The van der Waals surface area contributed by atoms with Crippen LogP contribution in [0, 0.1) is 11.7 Å². The van der Waals surface area contributed by atoms with Gasteiger partial charge in [-0.05, 0) is 43.4 Å². The average molecular weight is 286 g/mol. The standard InChI is InChI=1S/C14H17ClFNO2/c1-2-13(9-5-10(18)6-9)17-14(19)8-3-4-12(16)11(15)7-8/h3-4,7,9-10,13,18H,2,5-6H2,1H3,(H,17,19)/t9?,10?,13-/m1/s1. The molecule has 1 aliphatic carbocycles. The molecule has 0 heterocycles. The highest BCUT2D eigenvalue weighted by molar-refractivity contribution is 6.31. The summed E-state index contributed by atoms with van der Waals surface area (Å²) in [5.41, 5.74) is 0.352. The molecule has 0 aromatic heterocycles. The summed E-state index contributed by atoms with van der Waals surface area (Å²) in [5.74, 6) is -0.470. The summed E-state index contributed by atoms with van der Waals surface area (Å²) in [6.45, 7) is 1.99. The molecule has 1 aliphatic rings. The van der Waals surface area contributed by atoms with E-state index >= 15 is 0 Å². The molecule has 104 valence electrons. The summed E-state index contributed by atoms with van der Waals surface area (Å²) in [5, 5.41) is 12.2. The monoisotopic (exact) mass is 285 g/mol. The zero-order valence-electron chi connectivity index (χ0n) is 10.7. The van der Waals surface area contributed by atoms with Crippen LogP contribution in [0.4, 0.5) is 4.39 Å². The Balaban J connectivity index is 2.00. The molecule has 1 fully saturated rings. The van der Waals surface area contributed by atoms with Gasteiger partial charge in [-0.15, -0.1) is 0 Å². The Bertz CT molecular complexity index is 475. The first-order chi connectivity index (χ1) is 9.01. The van der Waals surface area contributed by atoms with Crippen LogP contribution in [-0.2, 0) is 0 Å². The minimum Gasteiger partial charge on any atom is -0.393 e. The fourth-order valence-corrected chi connectivity index (χ4v) is 2.58. The van der Waals surface area contributed by atoms with Crippen LogP contribution in [0.5, 0.6) is 0 Å². The van der Waals surface area contributed by atoms with Crippen molar-refractivity contribution in [3.63, 3.8) is 0 Å². The van der Waals surface area contributed by atoms with Crippen molar-refractivity contribution in [2.45, 2.75) is 38.3 Å². The lowest BCUT2D eigenvalue weighted by Crippen LogP contribution is -2.46. The van der Waals surface area contributed by atoms with Crippen LogP contribution >= 0.6 is 11.6 Å². The van der Waals surface area contributed by atoms with Gasteiger partial charge in [0, 0.05) is 11.6 Å². The van der Waals surface area contributed by atoms with Gasteiger partial charge in [-0.2, -0.15) is 0 Å². The molecule has 0 unspecified atom stereocenters. The van der Waals surface area contributed by atoms with Crippen molar-refractivity contribution in [2.75, 3.05) is 0 Å². The Labute approximate surface area is 116 Å². The van der Waals surface area contributed by atoms with E-state index in [4.69, 9.17) is 11.6 Å². The van der Waals surface area contributed by atoms with Gasteiger partial charge in [-0.25, -0.2) is 4.39 Å². The van der Waals surface area contributed by atoms with Crippen molar-refractivity contribution in [1.29, 1.82) is 0 Å². The van der Waals surface area contributed by atoms with Crippen molar-refractivity contribution in [3.8, 4) is 0 Å². The average Bonchev–Trinajstić information content (AvgIpc) is 2.35. The summed E-state index contributed by atoms with van der Waals surface area (Å²) in [4.78, 5) is 12.0. The molecule has 0 saturated heterocycles. The van der Waals surface area contributed by atoms with Gasteiger partial charge in [0.1, 0.15) is 5.82 Å². The van der Waals surface area contributed by atoms with Gasteiger partial charge < -0.3 is 10.4 Å². The number of benzene rings is 1. The minimum absolute atomic E-state index is 0.0414. The van der Waals surface area contributed by atoms with Crippen molar-refractivity contribution in [3.05, 3.63) is 34.6 Å². The first-order valence-corrected chi connectivity index (χ1v) is 6.83. The van der Waals surface area contributed by atoms with Crippen molar-refractivity contribution in [2.24, 2.45) is 5.92 Å². The molecule has 0 spiro atoms.